The zero-order valence-corrected chi connectivity index (χ0v) is 8.25. The lowest BCUT2D eigenvalue weighted by atomic mass is 9.79. The highest BCUT2D eigenvalue weighted by Crippen LogP contribution is 2.30. The maximum absolute atomic E-state index is 11.3. The highest BCUT2D eigenvalue weighted by molar-refractivity contribution is 5.79. The molecule has 0 amide bonds. The Morgan fingerprint density at radius 1 is 1.62 bits per heavy atom. The van der Waals surface area contributed by atoms with Gasteiger partial charge in [-0.3, -0.25) is 4.79 Å². The molecule has 1 fully saturated rings. The van der Waals surface area contributed by atoms with Crippen molar-refractivity contribution in [3.8, 4) is 0 Å². The van der Waals surface area contributed by atoms with E-state index in [9.17, 15) is 4.79 Å². The maximum Gasteiger partial charge on any atom is 0.133 e. The van der Waals surface area contributed by atoms with Crippen LogP contribution in [0.1, 0.15) is 32.6 Å². The molecular formula is C11H18O2. The molecule has 2 nitrogen and oxygen atoms in total. The molecule has 1 saturated carbocycles. The van der Waals surface area contributed by atoms with E-state index in [-0.39, 0.29) is 6.61 Å². The van der Waals surface area contributed by atoms with Crippen molar-refractivity contribution in [2.75, 3.05) is 6.61 Å². The van der Waals surface area contributed by atoms with Crippen molar-refractivity contribution in [2.24, 2.45) is 11.8 Å². The number of Topliss-reactive ketones (excluding diaryl/α,β-unsaturated/α-hetero) is 1. The number of carbonyl (C=O) groups is 1. The van der Waals surface area contributed by atoms with Crippen molar-refractivity contribution in [3.63, 3.8) is 0 Å². The Morgan fingerprint density at radius 2 is 2.31 bits per heavy atom. The summed E-state index contributed by atoms with van der Waals surface area (Å²) in [5.41, 5.74) is 0.854. The largest absolute Gasteiger partial charge is 0.392 e. The quantitative estimate of drug-likeness (QED) is 0.677. The predicted molar refractivity (Wildman–Crippen MR) is 52.4 cm³/mol. The van der Waals surface area contributed by atoms with Gasteiger partial charge >= 0.3 is 0 Å². The number of ketones is 1. The Morgan fingerprint density at radius 3 is 2.85 bits per heavy atom. The first-order valence-corrected chi connectivity index (χ1v) is 4.91. The van der Waals surface area contributed by atoms with E-state index in [1.165, 1.54) is 0 Å². The summed E-state index contributed by atoms with van der Waals surface area (Å²) in [5, 5.41) is 8.81. The summed E-state index contributed by atoms with van der Waals surface area (Å²) in [6.45, 7) is 5.93. The van der Waals surface area contributed by atoms with Gasteiger partial charge in [0.1, 0.15) is 5.78 Å². The molecule has 0 saturated heterocycles. The fraction of sp³-hybridized carbons (Fsp3) is 0.727. The molecule has 74 valence electrons. The van der Waals surface area contributed by atoms with Gasteiger partial charge in [-0.05, 0) is 24.7 Å². The Kier molecular flexibility index (Phi) is 3.67. The number of carbonyl (C=O) groups excluding carboxylic acids is 1. The molecular weight excluding hydrogens is 164 g/mol. The summed E-state index contributed by atoms with van der Waals surface area (Å²) >= 11 is 0. The molecule has 0 radical (unpaired) electrons. The van der Waals surface area contributed by atoms with Gasteiger partial charge < -0.3 is 5.11 Å². The van der Waals surface area contributed by atoms with Gasteiger partial charge in [0, 0.05) is 12.8 Å². The molecule has 13 heavy (non-hydrogen) atoms. The van der Waals surface area contributed by atoms with Crippen LogP contribution in [-0.2, 0) is 4.79 Å². The van der Waals surface area contributed by atoms with Crippen molar-refractivity contribution >= 4 is 5.78 Å². The average Bonchev–Trinajstić information content (AvgIpc) is 2.02. The molecule has 0 aromatic rings. The lowest BCUT2D eigenvalue weighted by molar-refractivity contribution is -0.122. The van der Waals surface area contributed by atoms with Crippen LogP contribution in [0.3, 0.4) is 0 Å². The van der Waals surface area contributed by atoms with Crippen molar-refractivity contribution in [1.29, 1.82) is 0 Å². The number of aliphatic hydroxyl groups excluding tert-OH is 1. The third-order valence-corrected chi connectivity index (χ3v) is 2.63. The minimum atomic E-state index is 0.0546. The van der Waals surface area contributed by atoms with Gasteiger partial charge in [0.2, 0.25) is 0 Å². The van der Waals surface area contributed by atoms with Crippen LogP contribution in [0.4, 0.5) is 0 Å². The van der Waals surface area contributed by atoms with E-state index in [0.717, 1.165) is 24.8 Å². The summed E-state index contributed by atoms with van der Waals surface area (Å²) < 4.78 is 0. The van der Waals surface area contributed by atoms with Crippen LogP contribution in [0, 0.1) is 11.8 Å². The lowest BCUT2D eigenvalue weighted by Gasteiger charge is -2.25. The highest BCUT2D eigenvalue weighted by atomic mass is 16.3. The molecule has 0 spiro atoms. The monoisotopic (exact) mass is 182 g/mol. The SMILES string of the molecule is C=C(CO)C[C@@H]1CC(=O)C[C@@H](C)C1. The van der Waals surface area contributed by atoms with E-state index in [4.69, 9.17) is 5.11 Å². The average molecular weight is 182 g/mol. The lowest BCUT2D eigenvalue weighted by Crippen LogP contribution is -2.21. The Bertz CT molecular complexity index is 208. The second-order valence-electron chi connectivity index (χ2n) is 4.27. The smallest absolute Gasteiger partial charge is 0.133 e. The zero-order chi connectivity index (χ0) is 9.84. The maximum atomic E-state index is 11.3. The highest BCUT2D eigenvalue weighted by Gasteiger charge is 2.24. The second kappa shape index (κ2) is 4.56. The predicted octanol–water partition coefficient (Wildman–Crippen LogP) is 1.93. The summed E-state index contributed by atoms with van der Waals surface area (Å²) in [6, 6.07) is 0. The molecule has 0 bridgehead atoms. The van der Waals surface area contributed by atoms with Gasteiger partial charge in [0.05, 0.1) is 6.61 Å². The normalized spacial score (nSPS) is 28.9. The fourth-order valence-electron chi connectivity index (χ4n) is 2.16. The first kappa shape index (κ1) is 10.5. The number of aliphatic hydroxyl groups is 1. The van der Waals surface area contributed by atoms with Crippen LogP contribution in [0.5, 0.6) is 0 Å². The molecule has 0 heterocycles. The van der Waals surface area contributed by atoms with Gasteiger partial charge in [-0.25, -0.2) is 0 Å². The molecule has 2 atom stereocenters. The van der Waals surface area contributed by atoms with E-state index in [2.05, 4.69) is 13.5 Å². The van der Waals surface area contributed by atoms with Crippen molar-refractivity contribution in [2.45, 2.75) is 32.6 Å². The zero-order valence-electron chi connectivity index (χ0n) is 8.25. The Balaban J connectivity index is 2.41. The van der Waals surface area contributed by atoms with Crippen LogP contribution in [0.15, 0.2) is 12.2 Å². The Hall–Kier alpha value is -0.630. The van der Waals surface area contributed by atoms with Gasteiger partial charge in [-0.1, -0.05) is 19.1 Å². The van der Waals surface area contributed by atoms with Crippen LogP contribution in [0.2, 0.25) is 0 Å². The number of hydrogen-bond donors (Lipinski definition) is 1. The van der Waals surface area contributed by atoms with Crippen LogP contribution in [-0.4, -0.2) is 17.5 Å². The summed E-state index contributed by atoms with van der Waals surface area (Å²) in [6.07, 6.45) is 3.34. The Labute approximate surface area is 79.6 Å². The van der Waals surface area contributed by atoms with Gasteiger partial charge in [-0.2, -0.15) is 0 Å². The van der Waals surface area contributed by atoms with E-state index in [1.54, 1.807) is 0 Å². The van der Waals surface area contributed by atoms with Crippen molar-refractivity contribution in [1.82, 2.24) is 0 Å². The molecule has 1 aliphatic carbocycles. The minimum absolute atomic E-state index is 0.0546. The van der Waals surface area contributed by atoms with Crippen LogP contribution < -0.4 is 0 Å². The van der Waals surface area contributed by atoms with Crippen LogP contribution in [0.25, 0.3) is 0 Å². The van der Waals surface area contributed by atoms with Crippen molar-refractivity contribution in [3.05, 3.63) is 12.2 Å². The number of hydrogen-bond acceptors (Lipinski definition) is 2. The topological polar surface area (TPSA) is 37.3 Å². The molecule has 1 aliphatic rings. The van der Waals surface area contributed by atoms with Gasteiger partial charge in [0.15, 0.2) is 0 Å². The van der Waals surface area contributed by atoms with Gasteiger partial charge in [0.25, 0.3) is 0 Å². The fourth-order valence-corrected chi connectivity index (χ4v) is 2.16. The summed E-state index contributed by atoms with van der Waals surface area (Å²) in [5.74, 6) is 1.31. The molecule has 0 aromatic carbocycles. The molecule has 0 unspecified atom stereocenters. The van der Waals surface area contributed by atoms with E-state index in [0.29, 0.717) is 24.0 Å². The van der Waals surface area contributed by atoms with Crippen LogP contribution >= 0.6 is 0 Å². The third kappa shape index (κ3) is 3.31. The molecule has 0 aliphatic heterocycles. The van der Waals surface area contributed by atoms with E-state index >= 15 is 0 Å². The molecule has 1 rings (SSSR count). The minimum Gasteiger partial charge on any atom is -0.392 e. The van der Waals surface area contributed by atoms with Gasteiger partial charge in [-0.15, -0.1) is 0 Å². The summed E-state index contributed by atoms with van der Waals surface area (Å²) in [4.78, 5) is 11.3. The second-order valence-corrected chi connectivity index (χ2v) is 4.27. The standard InChI is InChI=1S/C11H18O2/c1-8-3-10(4-9(2)7-12)6-11(13)5-8/h8,10,12H,2-7H2,1H3/t8-,10+/m0/s1. The van der Waals surface area contributed by atoms with Crippen molar-refractivity contribution < 1.29 is 9.90 Å². The van der Waals surface area contributed by atoms with E-state index < -0.39 is 0 Å². The first-order valence-electron chi connectivity index (χ1n) is 4.91. The third-order valence-electron chi connectivity index (χ3n) is 2.63. The molecule has 1 N–H and O–H groups in total. The van der Waals surface area contributed by atoms with E-state index in [1.807, 2.05) is 0 Å². The summed E-state index contributed by atoms with van der Waals surface area (Å²) in [7, 11) is 0. The molecule has 2 heteroatoms. The first-order chi connectivity index (χ1) is 6.11. The number of rotatable bonds is 3. The molecule has 0 aromatic heterocycles.